The molecule has 0 saturated heterocycles. The van der Waals surface area contributed by atoms with E-state index < -0.39 is 0 Å². The van der Waals surface area contributed by atoms with Gasteiger partial charge in [-0.2, -0.15) is 0 Å². The van der Waals surface area contributed by atoms with E-state index in [1.807, 2.05) is 22.8 Å². The summed E-state index contributed by atoms with van der Waals surface area (Å²) in [5.41, 5.74) is 0.551. The van der Waals surface area contributed by atoms with Gasteiger partial charge >= 0.3 is 0 Å². The number of carbonyl (C=O) groups is 1. The standard InChI is InChI=1S/C20H17Cl3N4O2S/c21-12-7-13(22)9-14(8-12)24-19(28)11-30-20-26-25-18(27(20)15-5-6-15)10-29-17-4-2-1-3-16(17)23/h1-4,7-9,15H,5-6,10-11H2,(H,24,28). The summed E-state index contributed by atoms with van der Waals surface area (Å²) in [6.07, 6.45) is 2.11. The molecule has 0 atom stereocenters. The van der Waals surface area contributed by atoms with Crippen molar-refractivity contribution in [3.63, 3.8) is 0 Å². The smallest absolute Gasteiger partial charge is 0.234 e. The number of thioether (sulfide) groups is 1. The number of aromatic nitrogens is 3. The molecule has 1 aliphatic rings. The fourth-order valence-electron chi connectivity index (χ4n) is 2.86. The summed E-state index contributed by atoms with van der Waals surface area (Å²) in [7, 11) is 0. The van der Waals surface area contributed by atoms with E-state index in [0.717, 1.165) is 12.8 Å². The number of rotatable bonds is 8. The molecule has 0 radical (unpaired) electrons. The van der Waals surface area contributed by atoms with Crippen molar-refractivity contribution in [2.45, 2.75) is 30.6 Å². The van der Waals surface area contributed by atoms with Crippen molar-refractivity contribution in [1.82, 2.24) is 14.8 Å². The first kappa shape index (κ1) is 21.3. The highest BCUT2D eigenvalue weighted by atomic mass is 35.5. The lowest BCUT2D eigenvalue weighted by molar-refractivity contribution is -0.113. The van der Waals surface area contributed by atoms with E-state index >= 15 is 0 Å². The van der Waals surface area contributed by atoms with E-state index in [0.29, 0.717) is 43.5 Å². The van der Waals surface area contributed by atoms with Crippen LogP contribution < -0.4 is 10.1 Å². The molecule has 156 valence electrons. The maximum Gasteiger partial charge on any atom is 0.234 e. The zero-order valence-electron chi connectivity index (χ0n) is 15.6. The van der Waals surface area contributed by atoms with Crippen LogP contribution in [0.2, 0.25) is 15.1 Å². The van der Waals surface area contributed by atoms with Gasteiger partial charge in [0.15, 0.2) is 11.0 Å². The molecule has 1 aliphatic carbocycles. The van der Waals surface area contributed by atoms with E-state index in [1.54, 1.807) is 24.3 Å². The highest BCUT2D eigenvalue weighted by Crippen LogP contribution is 2.39. The van der Waals surface area contributed by atoms with Crippen molar-refractivity contribution in [1.29, 1.82) is 0 Å². The van der Waals surface area contributed by atoms with Crippen LogP contribution in [0.1, 0.15) is 24.7 Å². The molecule has 2 aromatic carbocycles. The highest BCUT2D eigenvalue weighted by Gasteiger charge is 2.30. The minimum atomic E-state index is -0.183. The minimum absolute atomic E-state index is 0.181. The van der Waals surface area contributed by atoms with Gasteiger partial charge in [0, 0.05) is 21.8 Å². The van der Waals surface area contributed by atoms with Crippen molar-refractivity contribution >= 4 is 58.2 Å². The Bertz CT molecular complexity index is 1050. The third-order valence-corrected chi connectivity index (χ3v) is 6.01. The van der Waals surface area contributed by atoms with Gasteiger partial charge in [-0.15, -0.1) is 10.2 Å². The summed E-state index contributed by atoms with van der Waals surface area (Å²) in [6, 6.07) is 12.5. The molecule has 0 aliphatic heterocycles. The van der Waals surface area contributed by atoms with E-state index in [1.165, 1.54) is 11.8 Å². The number of nitrogens with zero attached hydrogens (tertiary/aromatic N) is 3. The summed E-state index contributed by atoms with van der Waals surface area (Å²) >= 11 is 19.4. The minimum Gasteiger partial charge on any atom is -0.484 e. The van der Waals surface area contributed by atoms with E-state index in [2.05, 4.69) is 15.5 Å². The molecular weight excluding hydrogens is 467 g/mol. The number of carbonyl (C=O) groups excluding carboxylic acids is 1. The largest absolute Gasteiger partial charge is 0.484 e. The second kappa shape index (κ2) is 9.47. The van der Waals surface area contributed by atoms with Crippen LogP contribution in [0.3, 0.4) is 0 Å². The Morgan fingerprint density at radius 3 is 2.57 bits per heavy atom. The average Bonchev–Trinajstić information content (AvgIpc) is 3.45. The number of halogens is 3. The number of para-hydroxylation sites is 1. The van der Waals surface area contributed by atoms with Gasteiger partial charge in [0.1, 0.15) is 12.4 Å². The van der Waals surface area contributed by atoms with Gasteiger partial charge < -0.3 is 10.1 Å². The van der Waals surface area contributed by atoms with Crippen molar-refractivity contribution < 1.29 is 9.53 Å². The number of anilines is 1. The third-order valence-electron chi connectivity index (χ3n) is 4.32. The second-order valence-electron chi connectivity index (χ2n) is 6.71. The molecule has 0 unspecified atom stereocenters. The molecule has 3 aromatic rings. The van der Waals surface area contributed by atoms with Crippen LogP contribution in [0.4, 0.5) is 5.69 Å². The van der Waals surface area contributed by atoms with Crippen molar-refractivity contribution in [2.24, 2.45) is 0 Å². The molecular formula is C20H17Cl3N4O2S. The highest BCUT2D eigenvalue weighted by molar-refractivity contribution is 7.99. The maximum absolute atomic E-state index is 12.3. The first-order valence-corrected chi connectivity index (χ1v) is 11.3. The molecule has 1 heterocycles. The number of benzene rings is 2. The molecule has 30 heavy (non-hydrogen) atoms. The van der Waals surface area contributed by atoms with Crippen LogP contribution >= 0.6 is 46.6 Å². The number of hydrogen-bond donors (Lipinski definition) is 1. The van der Waals surface area contributed by atoms with E-state index in [9.17, 15) is 4.79 Å². The van der Waals surface area contributed by atoms with Gasteiger partial charge in [-0.1, -0.05) is 58.7 Å². The van der Waals surface area contributed by atoms with Gasteiger partial charge in [-0.3, -0.25) is 9.36 Å². The molecule has 1 N–H and O–H groups in total. The molecule has 10 heteroatoms. The Labute approximate surface area is 192 Å². The Balaban J connectivity index is 1.39. The van der Waals surface area contributed by atoms with Gasteiger partial charge in [-0.05, 0) is 43.2 Å². The first-order valence-electron chi connectivity index (χ1n) is 9.19. The number of nitrogens with one attached hydrogen (secondary N) is 1. The Hall–Kier alpha value is -1.93. The number of amides is 1. The van der Waals surface area contributed by atoms with Crippen LogP contribution in [0.25, 0.3) is 0 Å². The lowest BCUT2D eigenvalue weighted by Crippen LogP contribution is -2.15. The summed E-state index contributed by atoms with van der Waals surface area (Å²) in [4.78, 5) is 12.3. The van der Waals surface area contributed by atoms with Gasteiger partial charge in [0.05, 0.1) is 10.8 Å². The predicted octanol–water partition coefficient (Wildman–Crippen LogP) is 5.88. The van der Waals surface area contributed by atoms with Crippen molar-refractivity contribution in [2.75, 3.05) is 11.1 Å². The molecule has 1 aromatic heterocycles. The van der Waals surface area contributed by atoms with Crippen LogP contribution in [0, 0.1) is 0 Å². The van der Waals surface area contributed by atoms with E-state index in [-0.39, 0.29) is 18.3 Å². The monoisotopic (exact) mass is 482 g/mol. The Morgan fingerprint density at radius 1 is 1.13 bits per heavy atom. The summed E-state index contributed by atoms with van der Waals surface area (Å²) in [5.74, 6) is 1.30. The fourth-order valence-corrected chi connectivity index (χ4v) is 4.40. The maximum atomic E-state index is 12.3. The summed E-state index contributed by atoms with van der Waals surface area (Å²) in [6.45, 7) is 0.251. The quantitative estimate of drug-likeness (QED) is 0.405. The molecule has 1 saturated carbocycles. The molecule has 1 fully saturated rings. The third kappa shape index (κ3) is 5.40. The van der Waals surface area contributed by atoms with Crippen LogP contribution in [-0.4, -0.2) is 26.4 Å². The van der Waals surface area contributed by atoms with Crippen LogP contribution in [-0.2, 0) is 11.4 Å². The lowest BCUT2D eigenvalue weighted by Gasteiger charge is -2.11. The Kier molecular flexibility index (Phi) is 6.73. The lowest BCUT2D eigenvalue weighted by atomic mass is 10.3. The SMILES string of the molecule is O=C(CSc1nnc(COc2ccccc2Cl)n1C1CC1)Nc1cc(Cl)cc(Cl)c1. The summed E-state index contributed by atoms with van der Waals surface area (Å²) < 4.78 is 7.86. The Morgan fingerprint density at radius 2 is 1.87 bits per heavy atom. The van der Waals surface area contributed by atoms with Gasteiger partial charge in [-0.25, -0.2) is 0 Å². The summed E-state index contributed by atoms with van der Waals surface area (Å²) in [5, 5.41) is 13.5. The van der Waals surface area contributed by atoms with Crippen molar-refractivity contribution in [3.05, 3.63) is 63.4 Å². The molecule has 0 bridgehead atoms. The normalized spacial score (nSPS) is 13.3. The average molecular weight is 484 g/mol. The first-order chi connectivity index (χ1) is 14.5. The van der Waals surface area contributed by atoms with Crippen LogP contribution in [0.15, 0.2) is 47.6 Å². The predicted molar refractivity (Wildman–Crippen MR) is 120 cm³/mol. The second-order valence-corrected chi connectivity index (χ2v) is 8.94. The number of ether oxygens (including phenoxy) is 1. The molecule has 0 spiro atoms. The van der Waals surface area contributed by atoms with Crippen LogP contribution in [0.5, 0.6) is 5.75 Å². The zero-order valence-corrected chi connectivity index (χ0v) is 18.7. The zero-order chi connectivity index (χ0) is 21.1. The van der Waals surface area contributed by atoms with Crippen molar-refractivity contribution in [3.8, 4) is 5.75 Å². The molecule has 6 nitrogen and oxygen atoms in total. The fraction of sp³-hybridized carbons (Fsp3) is 0.250. The molecule has 4 rings (SSSR count). The molecule has 1 amide bonds. The van der Waals surface area contributed by atoms with Gasteiger partial charge in [0.2, 0.25) is 5.91 Å². The number of hydrogen-bond acceptors (Lipinski definition) is 5. The van der Waals surface area contributed by atoms with E-state index in [4.69, 9.17) is 39.5 Å². The van der Waals surface area contributed by atoms with Gasteiger partial charge in [0.25, 0.3) is 0 Å². The topological polar surface area (TPSA) is 69.0 Å².